The Hall–Kier alpha value is -1.23. The van der Waals surface area contributed by atoms with E-state index in [2.05, 4.69) is 25.8 Å². The molecule has 0 saturated carbocycles. The molecule has 0 fully saturated rings. The summed E-state index contributed by atoms with van der Waals surface area (Å²) in [6.45, 7) is 0.803. The monoisotopic (exact) mass is 421 g/mol. The molecule has 23 heavy (non-hydrogen) atoms. The second-order valence-electron chi connectivity index (χ2n) is 4.88. The number of benzene rings is 1. The van der Waals surface area contributed by atoms with Gasteiger partial charge in [0.25, 0.3) is 0 Å². The Morgan fingerprint density at radius 3 is 2.61 bits per heavy atom. The van der Waals surface area contributed by atoms with E-state index in [0.29, 0.717) is 17.4 Å². The third kappa shape index (κ3) is 4.87. The van der Waals surface area contributed by atoms with Gasteiger partial charge in [-0.25, -0.2) is 21.6 Å². The summed E-state index contributed by atoms with van der Waals surface area (Å²) in [6, 6.07) is 5.71. The van der Waals surface area contributed by atoms with E-state index in [1.54, 1.807) is 23.1 Å². The van der Waals surface area contributed by atoms with Crippen LogP contribution in [0.1, 0.15) is 6.42 Å². The first-order valence-corrected chi connectivity index (χ1v) is 10.8. The van der Waals surface area contributed by atoms with E-state index in [-0.39, 0.29) is 16.3 Å². The fourth-order valence-corrected chi connectivity index (χ4v) is 4.66. The largest absolute Gasteiger partial charge is 0.273 e. The molecule has 7 nitrogen and oxygen atoms in total. The molecule has 126 valence electrons. The van der Waals surface area contributed by atoms with Crippen molar-refractivity contribution < 1.29 is 16.8 Å². The number of hydrogen-bond acceptors (Lipinski definition) is 5. The number of rotatable bonds is 7. The molecule has 0 unspecified atom stereocenters. The van der Waals surface area contributed by atoms with Crippen molar-refractivity contribution in [2.45, 2.75) is 22.8 Å². The number of sulfone groups is 1. The van der Waals surface area contributed by atoms with Crippen molar-refractivity contribution in [3.8, 4) is 0 Å². The maximum absolute atomic E-state index is 12.3. The van der Waals surface area contributed by atoms with Gasteiger partial charge in [-0.2, -0.15) is 5.10 Å². The van der Waals surface area contributed by atoms with Gasteiger partial charge in [-0.15, -0.1) is 0 Å². The number of halogens is 1. The van der Waals surface area contributed by atoms with Gasteiger partial charge in [0, 0.05) is 36.2 Å². The van der Waals surface area contributed by atoms with E-state index >= 15 is 0 Å². The molecule has 0 spiro atoms. The summed E-state index contributed by atoms with van der Waals surface area (Å²) in [7, 11) is -7.29. The smallest absolute Gasteiger partial charge is 0.241 e. The lowest BCUT2D eigenvalue weighted by molar-refractivity contribution is 0.552. The highest BCUT2D eigenvalue weighted by Crippen LogP contribution is 2.25. The first-order chi connectivity index (χ1) is 10.7. The summed E-state index contributed by atoms with van der Waals surface area (Å²) in [4.78, 5) is -0.142. The van der Waals surface area contributed by atoms with Gasteiger partial charge in [0.15, 0.2) is 9.84 Å². The van der Waals surface area contributed by atoms with Gasteiger partial charge < -0.3 is 0 Å². The summed E-state index contributed by atoms with van der Waals surface area (Å²) in [5.41, 5.74) is 0. The Balaban J connectivity index is 2.09. The minimum Gasteiger partial charge on any atom is -0.273 e. The van der Waals surface area contributed by atoms with Crippen LogP contribution >= 0.6 is 15.9 Å². The van der Waals surface area contributed by atoms with Gasteiger partial charge in [-0.3, -0.25) is 4.68 Å². The molecule has 1 aromatic carbocycles. The lowest BCUT2D eigenvalue weighted by Gasteiger charge is -2.10. The molecule has 2 rings (SSSR count). The molecule has 0 aliphatic rings. The average molecular weight is 422 g/mol. The maximum Gasteiger partial charge on any atom is 0.241 e. The summed E-state index contributed by atoms with van der Waals surface area (Å²) < 4.78 is 52.3. The molecule has 0 bridgehead atoms. The quantitative estimate of drug-likeness (QED) is 0.681. The first kappa shape index (κ1) is 18.1. The van der Waals surface area contributed by atoms with Crippen LogP contribution < -0.4 is 4.72 Å². The van der Waals surface area contributed by atoms with Crippen molar-refractivity contribution >= 4 is 35.8 Å². The van der Waals surface area contributed by atoms with E-state index in [1.807, 2.05) is 0 Å². The molecular weight excluding hydrogens is 406 g/mol. The van der Waals surface area contributed by atoms with Crippen LogP contribution in [-0.2, 0) is 26.4 Å². The molecule has 0 radical (unpaired) electrons. The molecule has 1 N–H and O–H groups in total. The molecule has 0 atom stereocenters. The lowest BCUT2D eigenvalue weighted by atomic mass is 10.4. The van der Waals surface area contributed by atoms with Crippen molar-refractivity contribution in [1.82, 2.24) is 14.5 Å². The second kappa shape index (κ2) is 7.12. The predicted octanol–water partition coefficient (Wildman–Crippen LogP) is 1.42. The van der Waals surface area contributed by atoms with Gasteiger partial charge >= 0.3 is 0 Å². The highest BCUT2D eigenvalue weighted by molar-refractivity contribution is 9.10. The Labute approximate surface area is 143 Å². The highest BCUT2D eigenvalue weighted by Gasteiger charge is 2.20. The molecule has 0 amide bonds. The zero-order valence-corrected chi connectivity index (χ0v) is 15.5. The van der Waals surface area contributed by atoms with E-state index in [0.717, 1.165) is 12.3 Å². The molecule has 0 aliphatic carbocycles. The SMILES string of the molecule is CS(=O)(=O)c1ccc(Br)c(S(=O)(=O)NCCCn2cccn2)c1. The second-order valence-corrected chi connectivity index (χ2v) is 9.49. The molecule has 0 aliphatic heterocycles. The van der Waals surface area contributed by atoms with Crippen LogP contribution in [0.25, 0.3) is 0 Å². The minimum atomic E-state index is -3.81. The van der Waals surface area contributed by atoms with Crippen molar-refractivity contribution in [1.29, 1.82) is 0 Å². The summed E-state index contributed by atoms with van der Waals surface area (Å²) in [5, 5.41) is 4.03. The number of sulfonamides is 1. The van der Waals surface area contributed by atoms with Crippen LogP contribution in [0.4, 0.5) is 0 Å². The Morgan fingerprint density at radius 2 is 2.00 bits per heavy atom. The standard InChI is InChI=1S/C13H16BrN3O4S2/c1-22(18,19)11-4-5-12(14)13(10-11)23(20,21)16-7-3-9-17-8-2-6-15-17/h2,4-6,8,10,16H,3,7,9H2,1H3. The first-order valence-electron chi connectivity index (χ1n) is 6.67. The molecule has 0 saturated heterocycles. The van der Waals surface area contributed by atoms with Crippen LogP contribution in [0, 0.1) is 0 Å². The normalized spacial score (nSPS) is 12.4. The van der Waals surface area contributed by atoms with Crippen molar-refractivity contribution in [2.24, 2.45) is 0 Å². The van der Waals surface area contributed by atoms with Gasteiger partial charge in [0.1, 0.15) is 0 Å². The van der Waals surface area contributed by atoms with Gasteiger partial charge in [0.2, 0.25) is 10.0 Å². The summed E-state index contributed by atoms with van der Waals surface area (Å²) >= 11 is 3.15. The van der Waals surface area contributed by atoms with Crippen LogP contribution in [-0.4, -0.2) is 39.4 Å². The fourth-order valence-electron chi connectivity index (χ4n) is 1.88. The van der Waals surface area contributed by atoms with Crippen molar-refractivity contribution in [2.75, 3.05) is 12.8 Å². The van der Waals surface area contributed by atoms with E-state index in [9.17, 15) is 16.8 Å². The van der Waals surface area contributed by atoms with Gasteiger partial charge in [-0.1, -0.05) is 0 Å². The van der Waals surface area contributed by atoms with Crippen molar-refractivity contribution in [3.63, 3.8) is 0 Å². The molecule has 2 aromatic rings. The minimum absolute atomic E-state index is 0.0439. The number of hydrogen-bond donors (Lipinski definition) is 1. The zero-order chi connectivity index (χ0) is 17.1. The Bertz CT molecular complexity index is 878. The average Bonchev–Trinajstić information content (AvgIpc) is 2.96. The molecule has 1 heterocycles. The molecule has 1 aromatic heterocycles. The van der Waals surface area contributed by atoms with Gasteiger partial charge in [-0.05, 0) is 46.6 Å². The lowest BCUT2D eigenvalue weighted by Crippen LogP contribution is -2.26. The van der Waals surface area contributed by atoms with Crippen LogP contribution in [0.3, 0.4) is 0 Å². The highest BCUT2D eigenvalue weighted by atomic mass is 79.9. The number of nitrogens with zero attached hydrogens (tertiary/aromatic N) is 2. The Kier molecular flexibility index (Phi) is 5.61. The van der Waals surface area contributed by atoms with Crippen LogP contribution in [0.5, 0.6) is 0 Å². The van der Waals surface area contributed by atoms with E-state index in [4.69, 9.17) is 0 Å². The molecular formula is C13H16BrN3O4S2. The van der Waals surface area contributed by atoms with E-state index < -0.39 is 19.9 Å². The van der Waals surface area contributed by atoms with Crippen LogP contribution in [0.2, 0.25) is 0 Å². The Morgan fingerprint density at radius 1 is 1.26 bits per heavy atom. The number of nitrogens with one attached hydrogen (secondary N) is 1. The topological polar surface area (TPSA) is 98.1 Å². The number of aryl methyl sites for hydroxylation is 1. The van der Waals surface area contributed by atoms with Gasteiger partial charge in [0.05, 0.1) is 9.79 Å². The maximum atomic E-state index is 12.3. The number of aromatic nitrogens is 2. The summed E-state index contributed by atoms with van der Waals surface area (Å²) in [6.07, 6.45) is 5.03. The summed E-state index contributed by atoms with van der Waals surface area (Å²) in [5.74, 6) is 0. The third-order valence-electron chi connectivity index (χ3n) is 3.04. The van der Waals surface area contributed by atoms with Crippen molar-refractivity contribution in [3.05, 3.63) is 41.1 Å². The predicted molar refractivity (Wildman–Crippen MR) is 89.3 cm³/mol. The van der Waals surface area contributed by atoms with E-state index in [1.165, 1.54) is 12.1 Å². The molecule has 10 heteroatoms. The third-order valence-corrected chi connectivity index (χ3v) is 6.60. The fraction of sp³-hybridized carbons (Fsp3) is 0.308. The zero-order valence-electron chi connectivity index (χ0n) is 12.3. The van der Waals surface area contributed by atoms with Crippen LogP contribution in [0.15, 0.2) is 50.9 Å².